The van der Waals surface area contributed by atoms with Crippen molar-refractivity contribution in [1.82, 2.24) is 15.0 Å². The Morgan fingerprint density at radius 2 is 0.958 bits per heavy atom. The number of nitrogens with zero attached hydrogens (tertiary/aromatic N) is 3. The molecule has 2 heterocycles. The zero-order valence-electron chi connectivity index (χ0n) is 25.7. The summed E-state index contributed by atoms with van der Waals surface area (Å²) in [6.45, 7) is 0. The van der Waals surface area contributed by atoms with Crippen molar-refractivity contribution in [2.24, 2.45) is 0 Å². The molecule has 0 fully saturated rings. The van der Waals surface area contributed by atoms with E-state index in [1.807, 2.05) is 91.0 Å². The van der Waals surface area contributed by atoms with Gasteiger partial charge in [-0.15, -0.1) is 16.4 Å². The molecule has 0 saturated carbocycles. The number of rotatable bonds is 5. The van der Waals surface area contributed by atoms with Gasteiger partial charge in [-0.1, -0.05) is 108 Å². The lowest BCUT2D eigenvalue weighted by atomic mass is 9.59. The first-order valence-electron chi connectivity index (χ1n) is 15.3. The molecule has 6 aromatic carbocycles. The Hall–Kier alpha value is -5.55. The summed E-state index contributed by atoms with van der Waals surface area (Å²) in [5.41, 5.74) is 8.25. The van der Waals surface area contributed by atoms with E-state index in [9.17, 15) is 0 Å². The highest BCUT2D eigenvalue weighted by molar-refractivity contribution is 6.68. The Labute approximate surface area is 284 Å². The Morgan fingerprint density at radius 1 is 0.396 bits per heavy atom. The van der Waals surface area contributed by atoms with Gasteiger partial charge in [-0.05, 0) is 46.5 Å². The molecule has 0 spiro atoms. The monoisotopic (exact) mass is 601 g/mol. The van der Waals surface area contributed by atoms with Gasteiger partial charge in [0.2, 0.25) is 0 Å². The number of hydrogen-bond acceptors (Lipinski definition) is 4. The Morgan fingerprint density at radius 3 is 1.67 bits per heavy atom. The van der Waals surface area contributed by atoms with Crippen LogP contribution in [0.25, 0.3) is 78.4 Å². The van der Waals surface area contributed by atoms with E-state index in [0.717, 1.165) is 38.6 Å². The molecule has 9 heteroatoms. The van der Waals surface area contributed by atoms with Crippen LogP contribution in [0.4, 0.5) is 0 Å². The number of aromatic nitrogens is 3. The fourth-order valence-electron chi connectivity index (χ4n) is 6.10. The van der Waals surface area contributed by atoms with Crippen molar-refractivity contribution in [1.29, 1.82) is 0 Å². The fourth-order valence-corrected chi connectivity index (χ4v) is 6.10. The van der Waals surface area contributed by atoms with E-state index in [1.165, 1.54) is 0 Å². The minimum atomic E-state index is 0.163. The lowest BCUT2D eigenvalue weighted by molar-refractivity contribution is 0.669. The molecule has 0 saturated heterocycles. The molecule has 8 aromatic rings. The lowest BCUT2D eigenvalue weighted by Crippen LogP contribution is -2.55. The van der Waals surface area contributed by atoms with Crippen LogP contribution in [-0.4, -0.2) is 54.2 Å². The van der Waals surface area contributed by atoms with Crippen molar-refractivity contribution in [2.45, 2.75) is 0 Å². The van der Waals surface area contributed by atoms with Gasteiger partial charge in [0.1, 0.15) is 50.4 Å². The summed E-state index contributed by atoms with van der Waals surface area (Å²) in [5.74, 6) is 1.44. The van der Waals surface area contributed by atoms with Gasteiger partial charge in [-0.3, -0.25) is 0 Å². The smallest absolute Gasteiger partial charge is 0.167 e. The predicted molar refractivity (Wildman–Crippen MR) is 201 cm³/mol. The molecule has 0 amide bonds. The number of para-hydroxylation sites is 1. The van der Waals surface area contributed by atoms with Crippen molar-refractivity contribution >= 4 is 88.5 Å². The number of benzene rings is 6. The molecule has 0 bridgehead atoms. The van der Waals surface area contributed by atoms with Gasteiger partial charge >= 0.3 is 0 Å². The lowest BCUT2D eigenvalue weighted by Gasteiger charge is -2.21. The Bertz CT molecular complexity index is 2490. The zero-order valence-corrected chi connectivity index (χ0v) is 25.7. The van der Waals surface area contributed by atoms with Gasteiger partial charge in [-0.25, -0.2) is 15.0 Å². The van der Waals surface area contributed by atoms with Gasteiger partial charge in [0.15, 0.2) is 17.5 Å². The van der Waals surface area contributed by atoms with Gasteiger partial charge in [-0.2, -0.15) is 0 Å². The molecule has 0 N–H and O–H groups in total. The van der Waals surface area contributed by atoms with E-state index >= 15 is 0 Å². The highest BCUT2D eigenvalue weighted by Gasteiger charge is 2.19. The predicted octanol–water partition coefficient (Wildman–Crippen LogP) is 4.08. The molecule has 0 atom stereocenters. The molecule has 212 valence electrons. The summed E-state index contributed by atoms with van der Waals surface area (Å²) in [4.78, 5) is 14.9. The molecule has 0 aliphatic carbocycles. The summed E-state index contributed by atoms with van der Waals surface area (Å²) in [7, 11) is 31.2. The number of furan rings is 1. The molecular formula is C39H20B5N3O. The molecule has 8 rings (SSSR count). The second-order valence-corrected chi connectivity index (χ2v) is 11.6. The average molecular weight is 601 g/mol. The minimum Gasteiger partial charge on any atom is -0.455 e. The van der Waals surface area contributed by atoms with Gasteiger partial charge in [0.25, 0.3) is 0 Å². The van der Waals surface area contributed by atoms with Crippen molar-refractivity contribution in [3.63, 3.8) is 0 Å². The van der Waals surface area contributed by atoms with Crippen LogP contribution in [-0.2, 0) is 0 Å². The highest BCUT2D eigenvalue weighted by Crippen LogP contribution is 2.37. The summed E-state index contributed by atoms with van der Waals surface area (Å²) in [6.07, 6.45) is 0. The van der Waals surface area contributed by atoms with E-state index in [2.05, 4.69) is 30.3 Å². The first-order chi connectivity index (χ1) is 23.4. The summed E-state index contributed by atoms with van der Waals surface area (Å²) >= 11 is 0. The van der Waals surface area contributed by atoms with Crippen molar-refractivity contribution in [3.8, 4) is 56.4 Å². The molecule has 0 aliphatic heterocycles. The first kappa shape index (κ1) is 29.8. The van der Waals surface area contributed by atoms with Crippen LogP contribution in [0.1, 0.15) is 0 Å². The average Bonchev–Trinajstić information content (AvgIpc) is 3.52. The molecule has 10 radical (unpaired) electrons. The Kier molecular flexibility index (Phi) is 7.41. The SMILES string of the molecule is [B]c1c([B])c([B])c(-c2cccc(-c3nc(-c4ccccc4)nc(-c4cccc5c4oc4ccc(-c6ccccc6)cc45)n3)c2)c([B])c1[B]. The molecule has 4 nitrogen and oxygen atoms in total. The van der Waals surface area contributed by atoms with Crippen LogP contribution in [0, 0.1) is 0 Å². The maximum atomic E-state index is 6.49. The van der Waals surface area contributed by atoms with E-state index in [-0.39, 0.29) is 27.3 Å². The quantitative estimate of drug-likeness (QED) is 0.280. The topological polar surface area (TPSA) is 51.8 Å². The molecular weight excluding hydrogens is 581 g/mol. The third kappa shape index (κ3) is 5.07. The normalized spacial score (nSPS) is 11.3. The van der Waals surface area contributed by atoms with Crippen molar-refractivity contribution in [3.05, 3.63) is 121 Å². The maximum absolute atomic E-state index is 6.49. The second-order valence-electron chi connectivity index (χ2n) is 11.6. The summed E-state index contributed by atoms with van der Waals surface area (Å²) < 4.78 is 6.49. The third-order valence-electron chi connectivity index (χ3n) is 8.62. The van der Waals surface area contributed by atoms with Crippen molar-refractivity contribution < 1.29 is 4.42 Å². The Balaban J connectivity index is 1.32. The van der Waals surface area contributed by atoms with Crippen LogP contribution in [0.5, 0.6) is 0 Å². The van der Waals surface area contributed by atoms with E-state index < -0.39 is 0 Å². The molecule has 48 heavy (non-hydrogen) atoms. The highest BCUT2D eigenvalue weighted by atomic mass is 16.3. The standard InChI is InChI=1S/C39H20B5N3O/c40-31-30(32(41)34(43)35(44)33(31)42)24-13-7-14-25(19-24)38-45-37(22-11-5-2-6-12-22)46-39(47-38)27-16-8-15-26-28-20-23(21-9-3-1-4-10-21)17-18-29(28)48-36(26)27/h1-20H. The van der Waals surface area contributed by atoms with Gasteiger partial charge in [0.05, 0.1) is 5.56 Å². The molecule has 0 aliphatic rings. The zero-order chi connectivity index (χ0) is 32.9. The fraction of sp³-hybridized carbons (Fsp3) is 0. The van der Waals surface area contributed by atoms with Crippen LogP contribution < -0.4 is 27.3 Å². The van der Waals surface area contributed by atoms with Crippen molar-refractivity contribution in [2.75, 3.05) is 0 Å². The number of fused-ring (bicyclic) bond motifs is 3. The third-order valence-corrected chi connectivity index (χ3v) is 8.62. The van der Waals surface area contributed by atoms with Crippen LogP contribution >= 0.6 is 0 Å². The maximum Gasteiger partial charge on any atom is 0.167 e. The van der Waals surface area contributed by atoms with E-state index in [0.29, 0.717) is 39.7 Å². The largest absolute Gasteiger partial charge is 0.455 e. The van der Waals surface area contributed by atoms with E-state index in [4.69, 9.17) is 58.6 Å². The van der Waals surface area contributed by atoms with Crippen LogP contribution in [0.3, 0.4) is 0 Å². The second kappa shape index (κ2) is 11.9. The molecule has 2 aromatic heterocycles. The van der Waals surface area contributed by atoms with Crippen LogP contribution in [0.2, 0.25) is 0 Å². The molecule has 0 unspecified atom stereocenters. The first-order valence-corrected chi connectivity index (χ1v) is 15.3. The summed E-state index contributed by atoms with van der Waals surface area (Å²) in [5, 5.41) is 1.98. The van der Waals surface area contributed by atoms with E-state index in [1.54, 1.807) is 0 Å². The minimum absolute atomic E-state index is 0.163. The van der Waals surface area contributed by atoms with Gasteiger partial charge < -0.3 is 4.42 Å². The van der Waals surface area contributed by atoms with Gasteiger partial charge in [0, 0.05) is 21.9 Å². The number of hydrogen-bond donors (Lipinski definition) is 0. The van der Waals surface area contributed by atoms with Crippen LogP contribution in [0.15, 0.2) is 126 Å². The summed E-state index contributed by atoms with van der Waals surface area (Å²) in [6, 6.07) is 39.9.